The first-order valence-corrected chi connectivity index (χ1v) is 5.92. The number of rotatable bonds is 1. The van der Waals surface area contributed by atoms with E-state index in [0.717, 1.165) is 6.42 Å². The number of nitrogens with zero attached hydrogens (tertiary/aromatic N) is 1. The number of benzene rings is 1. The van der Waals surface area contributed by atoms with Crippen LogP contribution in [0.5, 0.6) is 5.75 Å². The lowest BCUT2D eigenvalue weighted by atomic mass is 9.94. The highest BCUT2D eigenvalue weighted by atomic mass is 16.3. The first-order valence-electron chi connectivity index (χ1n) is 5.92. The van der Waals surface area contributed by atoms with E-state index in [1.807, 2.05) is 0 Å². The molecule has 0 radical (unpaired) electrons. The van der Waals surface area contributed by atoms with Crippen LogP contribution in [-0.2, 0) is 0 Å². The Balaban J connectivity index is 2.14. The van der Waals surface area contributed by atoms with Crippen molar-refractivity contribution in [1.29, 1.82) is 0 Å². The third-order valence-electron chi connectivity index (χ3n) is 3.39. The summed E-state index contributed by atoms with van der Waals surface area (Å²) in [5, 5.41) is 9.66. The van der Waals surface area contributed by atoms with Gasteiger partial charge in [-0.3, -0.25) is 4.79 Å². The second-order valence-corrected chi connectivity index (χ2v) is 4.70. The molecule has 4 heteroatoms. The molecule has 1 fully saturated rings. The van der Waals surface area contributed by atoms with E-state index in [0.29, 0.717) is 24.6 Å². The highest BCUT2D eigenvalue weighted by Gasteiger charge is 2.27. The highest BCUT2D eigenvalue weighted by molar-refractivity contribution is 5.96. The normalized spacial score (nSPS) is 24.7. The molecule has 0 spiro atoms. The van der Waals surface area contributed by atoms with Crippen molar-refractivity contribution in [2.24, 2.45) is 11.7 Å². The van der Waals surface area contributed by atoms with E-state index < -0.39 is 0 Å². The molecule has 1 aliphatic heterocycles. The molecule has 0 bridgehead atoms. The molecule has 92 valence electrons. The zero-order chi connectivity index (χ0) is 12.4. The molecule has 4 nitrogen and oxygen atoms in total. The van der Waals surface area contributed by atoms with E-state index in [2.05, 4.69) is 6.92 Å². The molecule has 1 amide bonds. The third kappa shape index (κ3) is 2.42. The first kappa shape index (κ1) is 11.9. The summed E-state index contributed by atoms with van der Waals surface area (Å²) in [6.45, 7) is 3.38. The zero-order valence-corrected chi connectivity index (χ0v) is 9.97. The molecule has 2 atom stereocenters. The highest BCUT2D eigenvalue weighted by Crippen LogP contribution is 2.21. The van der Waals surface area contributed by atoms with Gasteiger partial charge >= 0.3 is 0 Å². The fourth-order valence-corrected chi connectivity index (χ4v) is 2.17. The van der Waals surface area contributed by atoms with Gasteiger partial charge in [-0.25, -0.2) is 0 Å². The summed E-state index contributed by atoms with van der Waals surface area (Å²) in [6.07, 6.45) is 0.820. The van der Waals surface area contributed by atoms with Gasteiger partial charge in [0, 0.05) is 19.1 Å². The van der Waals surface area contributed by atoms with E-state index in [-0.39, 0.29) is 17.7 Å². The summed E-state index contributed by atoms with van der Waals surface area (Å²) in [6, 6.07) is 6.82. The molecule has 2 unspecified atom stereocenters. The van der Waals surface area contributed by atoms with Crippen LogP contribution in [0.15, 0.2) is 24.3 Å². The summed E-state index contributed by atoms with van der Waals surface area (Å²) >= 11 is 0. The van der Waals surface area contributed by atoms with Crippen LogP contribution in [0, 0.1) is 5.92 Å². The summed E-state index contributed by atoms with van der Waals surface area (Å²) in [4.78, 5) is 14.0. The molecule has 17 heavy (non-hydrogen) atoms. The van der Waals surface area contributed by atoms with Gasteiger partial charge in [-0.05, 0) is 24.5 Å². The van der Waals surface area contributed by atoms with Gasteiger partial charge < -0.3 is 15.7 Å². The van der Waals surface area contributed by atoms with Gasteiger partial charge in [0.15, 0.2) is 0 Å². The molecule has 0 aliphatic carbocycles. The molecule has 1 heterocycles. The van der Waals surface area contributed by atoms with Crippen LogP contribution in [-0.4, -0.2) is 35.0 Å². The molecule has 0 saturated carbocycles. The topological polar surface area (TPSA) is 66.6 Å². The standard InChI is InChI=1S/C13H18N2O2/c1-9-8-15(7-6-11(9)14)13(17)10-4-2-3-5-12(10)16/h2-5,9,11,16H,6-8,14H2,1H3. The van der Waals surface area contributed by atoms with Crippen molar-refractivity contribution < 1.29 is 9.90 Å². The molecule has 1 aromatic carbocycles. The minimum atomic E-state index is -0.109. The molecule has 1 aromatic rings. The molecule has 1 aliphatic rings. The number of likely N-dealkylation sites (tertiary alicyclic amines) is 1. The predicted molar refractivity (Wildman–Crippen MR) is 65.8 cm³/mol. The second kappa shape index (κ2) is 4.75. The van der Waals surface area contributed by atoms with Crippen molar-refractivity contribution >= 4 is 5.91 Å². The second-order valence-electron chi connectivity index (χ2n) is 4.70. The van der Waals surface area contributed by atoms with Crippen molar-refractivity contribution in [2.45, 2.75) is 19.4 Å². The number of carbonyl (C=O) groups excluding carboxylic acids is 1. The average molecular weight is 234 g/mol. The Morgan fingerprint density at radius 2 is 2.18 bits per heavy atom. The Labute approximate surface area is 101 Å². The monoisotopic (exact) mass is 234 g/mol. The number of aromatic hydroxyl groups is 1. The van der Waals surface area contributed by atoms with Crippen molar-refractivity contribution in [1.82, 2.24) is 4.90 Å². The lowest BCUT2D eigenvalue weighted by Gasteiger charge is -2.35. The number of hydrogen-bond acceptors (Lipinski definition) is 3. The fraction of sp³-hybridized carbons (Fsp3) is 0.462. The number of phenolic OH excluding ortho intramolecular Hbond substituents is 1. The molecule has 2 rings (SSSR count). The van der Waals surface area contributed by atoms with Gasteiger partial charge in [-0.1, -0.05) is 19.1 Å². The number of hydrogen-bond donors (Lipinski definition) is 2. The van der Waals surface area contributed by atoms with Crippen LogP contribution < -0.4 is 5.73 Å². The lowest BCUT2D eigenvalue weighted by Crippen LogP contribution is -2.48. The summed E-state index contributed by atoms with van der Waals surface area (Å²) in [5.74, 6) is 0.237. The maximum Gasteiger partial charge on any atom is 0.257 e. The van der Waals surface area contributed by atoms with Crippen molar-refractivity contribution in [3.05, 3.63) is 29.8 Å². The van der Waals surface area contributed by atoms with Crippen molar-refractivity contribution in [3.8, 4) is 5.75 Å². The SMILES string of the molecule is CC1CN(C(=O)c2ccccc2O)CCC1N. The largest absolute Gasteiger partial charge is 0.507 e. The Morgan fingerprint density at radius 3 is 2.82 bits per heavy atom. The predicted octanol–water partition coefficient (Wildman–Crippen LogP) is 1.20. The van der Waals surface area contributed by atoms with E-state index in [4.69, 9.17) is 5.73 Å². The summed E-state index contributed by atoms with van der Waals surface area (Å²) in [5.41, 5.74) is 6.29. The van der Waals surface area contributed by atoms with Gasteiger partial charge in [0.2, 0.25) is 0 Å². The number of amides is 1. The van der Waals surface area contributed by atoms with E-state index in [1.165, 1.54) is 6.07 Å². The molecular weight excluding hydrogens is 216 g/mol. The number of para-hydroxylation sites is 1. The number of piperidine rings is 1. The Morgan fingerprint density at radius 1 is 1.47 bits per heavy atom. The lowest BCUT2D eigenvalue weighted by molar-refractivity contribution is 0.0661. The fourth-order valence-electron chi connectivity index (χ4n) is 2.17. The van der Waals surface area contributed by atoms with Crippen LogP contribution in [0.4, 0.5) is 0 Å². The van der Waals surface area contributed by atoms with Crippen molar-refractivity contribution in [2.75, 3.05) is 13.1 Å². The molecule has 1 saturated heterocycles. The average Bonchev–Trinajstić information content (AvgIpc) is 2.32. The molecule has 0 aromatic heterocycles. The minimum Gasteiger partial charge on any atom is -0.507 e. The number of nitrogens with two attached hydrogens (primary N) is 1. The van der Waals surface area contributed by atoms with E-state index in [1.54, 1.807) is 23.1 Å². The Bertz CT molecular complexity index is 420. The van der Waals surface area contributed by atoms with E-state index in [9.17, 15) is 9.90 Å². The smallest absolute Gasteiger partial charge is 0.257 e. The van der Waals surface area contributed by atoms with Gasteiger partial charge in [0.1, 0.15) is 5.75 Å². The Hall–Kier alpha value is -1.55. The maximum atomic E-state index is 12.2. The summed E-state index contributed by atoms with van der Waals surface area (Å²) in [7, 11) is 0. The van der Waals surface area contributed by atoms with Gasteiger partial charge in [0.25, 0.3) is 5.91 Å². The van der Waals surface area contributed by atoms with Crippen molar-refractivity contribution in [3.63, 3.8) is 0 Å². The Kier molecular flexibility index (Phi) is 3.33. The number of phenols is 1. The van der Waals surface area contributed by atoms with Crippen LogP contribution in [0.25, 0.3) is 0 Å². The van der Waals surface area contributed by atoms with Gasteiger partial charge in [-0.15, -0.1) is 0 Å². The van der Waals surface area contributed by atoms with Crippen LogP contribution in [0.3, 0.4) is 0 Å². The minimum absolute atomic E-state index is 0.0417. The number of carbonyl (C=O) groups is 1. The van der Waals surface area contributed by atoms with Gasteiger partial charge in [0.05, 0.1) is 5.56 Å². The quantitative estimate of drug-likeness (QED) is 0.767. The molecule has 3 N–H and O–H groups in total. The van der Waals surface area contributed by atoms with Crippen LogP contribution in [0.2, 0.25) is 0 Å². The third-order valence-corrected chi connectivity index (χ3v) is 3.39. The zero-order valence-electron chi connectivity index (χ0n) is 9.97. The molecular formula is C13H18N2O2. The maximum absolute atomic E-state index is 12.2. The van der Waals surface area contributed by atoms with Crippen LogP contribution >= 0.6 is 0 Å². The van der Waals surface area contributed by atoms with Crippen LogP contribution in [0.1, 0.15) is 23.7 Å². The van der Waals surface area contributed by atoms with Gasteiger partial charge in [-0.2, -0.15) is 0 Å². The van der Waals surface area contributed by atoms with E-state index >= 15 is 0 Å². The first-order chi connectivity index (χ1) is 8.09. The summed E-state index contributed by atoms with van der Waals surface area (Å²) < 4.78 is 0.